The maximum absolute atomic E-state index is 12.3. The van der Waals surface area contributed by atoms with Gasteiger partial charge in [-0.1, -0.05) is 13.0 Å². The van der Waals surface area contributed by atoms with Crippen molar-refractivity contribution in [2.75, 3.05) is 18.6 Å². The summed E-state index contributed by atoms with van der Waals surface area (Å²) in [6.07, 6.45) is 0.650. The second-order valence-corrected chi connectivity index (χ2v) is 6.25. The predicted molar refractivity (Wildman–Crippen MR) is 79.6 cm³/mol. The number of fused-ring (bicyclic) bond motifs is 1. The van der Waals surface area contributed by atoms with E-state index in [1.54, 1.807) is 12.0 Å². The summed E-state index contributed by atoms with van der Waals surface area (Å²) in [7, 11) is 1.63. The highest BCUT2D eigenvalue weighted by atomic mass is 16.6. The highest BCUT2D eigenvalue weighted by molar-refractivity contribution is 5.90. The van der Waals surface area contributed by atoms with E-state index in [2.05, 4.69) is 6.92 Å². The fourth-order valence-electron chi connectivity index (χ4n) is 2.41. The van der Waals surface area contributed by atoms with Crippen molar-refractivity contribution < 1.29 is 14.3 Å². The summed E-state index contributed by atoms with van der Waals surface area (Å²) in [5.74, 6) is 1.20. The molecule has 1 amide bonds. The van der Waals surface area contributed by atoms with E-state index < -0.39 is 5.60 Å². The van der Waals surface area contributed by atoms with Gasteiger partial charge in [0.05, 0.1) is 12.8 Å². The molecule has 4 heteroatoms. The number of anilines is 1. The molecule has 0 N–H and O–H groups in total. The van der Waals surface area contributed by atoms with Crippen LogP contribution in [-0.4, -0.2) is 25.3 Å². The number of amides is 1. The molecule has 0 fully saturated rings. The molecule has 0 saturated carbocycles. The molecule has 1 aliphatic heterocycles. The van der Waals surface area contributed by atoms with Crippen molar-refractivity contribution in [1.29, 1.82) is 0 Å². The lowest BCUT2D eigenvalue weighted by Gasteiger charge is -2.34. The van der Waals surface area contributed by atoms with Gasteiger partial charge in [-0.25, -0.2) is 4.79 Å². The third-order valence-corrected chi connectivity index (χ3v) is 3.46. The van der Waals surface area contributed by atoms with Gasteiger partial charge in [0.2, 0.25) is 0 Å². The minimum absolute atomic E-state index is 0.293. The number of carbonyl (C=O) groups is 1. The second kappa shape index (κ2) is 5.35. The molecular weight excluding hydrogens is 254 g/mol. The predicted octanol–water partition coefficient (Wildman–Crippen LogP) is 3.94. The number of methoxy groups -OCH3 is 1. The van der Waals surface area contributed by atoms with Crippen molar-refractivity contribution in [3.8, 4) is 5.75 Å². The molecule has 0 aliphatic carbocycles. The van der Waals surface area contributed by atoms with Crippen LogP contribution in [0.2, 0.25) is 0 Å². The van der Waals surface area contributed by atoms with Crippen LogP contribution in [0, 0.1) is 0 Å². The van der Waals surface area contributed by atoms with Crippen LogP contribution in [-0.2, 0) is 4.74 Å². The summed E-state index contributed by atoms with van der Waals surface area (Å²) in [5, 5.41) is 0. The van der Waals surface area contributed by atoms with Crippen molar-refractivity contribution >= 4 is 11.8 Å². The van der Waals surface area contributed by atoms with E-state index in [0.717, 1.165) is 17.9 Å². The summed E-state index contributed by atoms with van der Waals surface area (Å²) >= 11 is 0. The third-order valence-electron chi connectivity index (χ3n) is 3.46. The quantitative estimate of drug-likeness (QED) is 0.780. The number of carbonyl (C=O) groups excluding carboxylic acids is 1. The molecule has 0 spiro atoms. The van der Waals surface area contributed by atoms with Crippen molar-refractivity contribution in [3.63, 3.8) is 0 Å². The van der Waals surface area contributed by atoms with Crippen LogP contribution in [0.4, 0.5) is 10.5 Å². The zero-order chi connectivity index (χ0) is 14.9. The first-order chi connectivity index (χ1) is 9.31. The molecule has 0 saturated heterocycles. The molecule has 1 unspecified atom stereocenters. The van der Waals surface area contributed by atoms with Crippen LogP contribution >= 0.6 is 0 Å². The molecule has 2 rings (SSSR count). The molecule has 1 aromatic carbocycles. The number of rotatable bonds is 1. The molecule has 20 heavy (non-hydrogen) atoms. The number of benzene rings is 1. The average Bonchev–Trinajstić information content (AvgIpc) is 2.36. The van der Waals surface area contributed by atoms with Gasteiger partial charge in [0.1, 0.15) is 11.4 Å². The molecule has 1 aromatic rings. The Morgan fingerprint density at radius 2 is 2.05 bits per heavy atom. The van der Waals surface area contributed by atoms with Gasteiger partial charge in [-0.3, -0.25) is 4.90 Å². The summed E-state index contributed by atoms with van der Waals surface area (Å²) in [5.41, 5.74) is 1.58. The number of hydrogen-bond donors (Lipinski definition) is 0. The highest BCUT2D eigenvalue weighted by Crippen LogP contribution is 2.37. The van der Waals surface area contributed by atoms with E-state index >= 15 is 0 Å². The van der Waals surface area contributed by atoms with E-state index in [1.807, 2.05) is 39.0 Å². The molecule has 0 aromatic heterocycles. The maximum atomic E-state index is 12.3. The average molecular weight is 277 g/mol. The highest BCUT2D eigenvalue weighted by Gasteiger charge is 2.30. The first-order valence-corrected chi connectivity index (χ1v) is 7.00. The Bertz CT molecular complexity index is 505. The first kappa shape index (κ1) is 14.7. The Labute approximate surface area is 120 Å². The molecule has 4 nitrogen and oxygen atoms in total. The van der Waals surface area contributed by atoms with Crippen LogP contribution in [0.1, 0.15) is 45.6 Å². The minimum atomic E-state index is -0.487. The fraction of sp³-hybridized carbons (Fsp3) is 0.562. The SMILES string of the molecule is COc1ccc2c(c1)N(C(=O)OC(C)(C)C)CCC2C. The Hall–Kier alpha value is -1.71. The molecule has 1 atom stereocenters. The van der Waals surface area contributed by atoms with E-state index in [-0.39, 0.29) is 6.09 Å². The van der Waals surface area contributed by atoms with Gasteiger partial charge < -0.3 is 9.47 Å². The van der Waals surface area contributed by atoms with Gasteiger partial charge in [-0.2, -0.15) is 0 Å². The van der Waals surface area contributed by atoms with E-state index in [0.29, 0.717) is 12.5 Å². The molecule has 0 bridgehead atoms. The van der Waals surface area contributed by atoms with E-state index in [9.17, 15) is 4.79 Å². The van der Waals surface area contributed by atoms with Gasteiger partial charge in [0.25, 0.3) is 0 Å². The molecule has 1 aliphatic rings. The summed E-state index contributed by atoms with van der Waals surface area (Å²) in [6.45, 7) is 8.49. The van der Waals surface area contributed by atoms with E-state index in [4.69, 9.17) is 9.47 Å². The smallest absolute Gasteiger partial charge is 0.414 e. The first-order valence-electron chi connectivity index (χ1n) is 7.00. The normalized spacial score (nSPS) is 18.4. The summed E-state index contributed by atoms with van der Waals surface area (Å²) in [4.78, 5) is 14.1. The van der Waals surface area contributed by atoms with Crippen LogP contribution in [0.5, 0.6) is 5.75 Å². The number of hydrogen-bond acceptors (Lipinski definition) is 3. The summed E-state index contributed by atoms with van der Waals surface area (Å²) in [6, 6.07) is 5.89. The number of ether oxygens (including phenoxy) is 2. The monoisotopic (exact) mass is 277 g/mol. The standard InChI is InChI=1S/C16H23NO3/c1-11-8-9-17(15(18)20-16(2,3)4)14-10-12(19-5)6-7-13(11)14/h6-7,10-11H,8-9H2,1-5H3. The molecule has 0 radical (unpaired) electrons. The summed E-state index contributed by atoms with van der Waals surface area (Å²) < 4.78 is 10.8. The van der Waals surface area contributed by atoms with Crippen molar-refractivity contribution in [2.24, 2.45) is 0 Å². The topological polar surface area (TPSA) is 38.8 Å². The Kier molecular flexibility index (Phi) is 3.93. The fourth-order valence-corrected chi connectivity index (χ4v) is 2.41. The number of nitrogens with zero attached hydrogens (tertiary/aromatic N) is 1. The van der Waals surface area contributed by atoms with E-state index in [1.165, 1.54) is 5.56 Å². The molecule has 110 valence electrons. The Morgan fingerprint density at radius 1 is 1.35 bits per heavy atom. The zero-order valence-corrected chi connectivity index (χ0v) is 12.9. The Balaban J connectivity index is 2.34. The molecule has 1 heterocycles. The van der Waals surface area contributed by atoms with Gasteiger partial charge >= 0.3 is 6.09 Å². The van der Waals surface area contributed by atoms with Gasteiger partial charge in [0.15, 0.2) is 0 Å². The van der Waals surface area contributed by atoms with Crippen LogP contribution < -0.4 is 9.64 Å². The van der Waals surface area contributed by atoms with Crippen LogP contribution in [0.25, 0.3) is 0 Å². The van der Waals surface area contributed by atoms with Crippen molar-refractivity contribution in [2.45, 2.75) is 45.6 Å². The Morgan fingerprint density at radius 3 is 2.65 bits per heavy atom. The maximum Gasteiger partial charge on any atom is 0.414 e. The van der Waals surface area contributed by atoms with Crippen LogP contribution in [0.3, 0.4) is 0 Å². The minimum Gasteiger partial charge on any atom is -0.497 e. The zero-order valence-electron chi connectivity index (χ0n) is 12.9. The van der Waals surface area contributed by atoms with Gasteiger partial charge in [-0.05, 0) is 44.7 Å². The van der Waals surface area contributed by atoms with Gasteiger partial charge in [-0.15, -0.1) is 0 Å². The lowest BCUT2D eigenvalue weighted by molar-refractivity contribution is 0.0577. The molecular formula is C16H23NO3. The largest absolute Gasteiger partial charge is 0.497 e. The lowest BCUT2D eigenvalue weighted by Crippen LogP contribution is -2.40. The van der Waals surface area contributed by atoms with Crippen LogP contribution in [0.15, 0.2) is 18.2 Å². The second-order valence-electron chi connectivity index (χ2n) is 6.25. The lowest BCUT2D eigenvalue weighted by atomic mass is 9.91. The van der Waals surface area contributed by atoms with Crippen molar-refractivity contribution in [1.82, 2.24) is 0 Å². The van der Waals surface area contributed by atoms with Gasteiger partial charge in [0, 0.05) is 12.6 Å². The van der Waals surface area contributed by atoms with Crippen molar-refractivity contribution in [3.05, 3.63) is 23.8 Å². The third kappa shape index (κ3) is 3.06.